The summed E-state index contributed by atoms with van der Waals surface area (Å²) in [7, 11) is 6.39. The number of hydrogen-bond donors (Lipinski definition) is 0. The van der Waals surface area contributed by atoms with Gasteiger partial charge in [-0.1, -0.05) is 0 Å². The predicted molar refractivity (Wildman–Crippen MR) is 93.6 cm³/mol. The first-order valence-corrected chi connectivity index (χ1v) is 7.60. The topological polar surface area (TPSA) is 63.0 Å². The summed E-state index contributed by atoms with van der Waals surface area (Å²) in [6.45, 7) is 0. The molecular weight excluding hydrogens is 322 g/mol. The van der Waals surface area contributed by atoms with E-state index in [9.17, 15) is 0 Å². The Balaban J connectivity index is 2.07. The van der Waals surface area contributed by atoms with Crippen LogP contribution < -0.4 is 18.9 Å². The number of methoxy groups -OCH3 is 4. The lowest BCUT2D eigenvalue weighted by atomic mass is 10.0. The van der Waals surface area contributed by atoms with E-state index >= 15 is 0 Å². The molecule has 1 heterocycles. The van der Waals surface area contributed by atoms with Crippen LogP contribution in [0.5, 0.6) is 23.0 Å². The second-order valence-corrected chi connectivity index (χ2v) is 5.17. The van der Waals surface area contributed by atoms with Crippen molar-refractivity contribution in [3.63, 3.8) is 0 Å². The number of oxazole rings is 1. The minimum atomic E-state index is 0.620. The summed E-state index contributed by atoms with van der Waals surface area (Å²) in [5, 5.41) is 0. The van der Waals surface area contributed by atoms with Crippen molar-refractivity contribution in [2.45, 2.75) is 0 Å². The number of ether oxygens (including phenoxy) is 4. The van der Waals surface area contributed by atoms with Crippen LogP contribution in [-0.4, -0.2) is 33.4 Å². The molecule has 6 nitrogen and oxygen atoms in total. The van der Waals surface area contributed by atoms with Gasteiger partial charge >= 0.3 is 0 Å². The molecule has 6 heteroatoms. The lowest BCUT2D eigenvalue weighted by Crippen LogP contribution is -1.92. The summed E-state index contributed by atoms with van der Waals surface area (Å²) >= 11 is 0. The van der Waals surface area contributed by atoms with E-state index in [-0.39, 0.29) is 0 Å². The van der Waals surface area contributed by atoms with Gasteiger partial charge in [0, 0.05) is 11.1 Å². The van der Waals surface area contributed by atoms with Gasteiger partial charge in [0.1, 0.15) is 5.69 Å². The Labute approximate surface area is 145 Å². The second kappa shape index (κ2) is 7.17. The van der Waals surface area contributed by atoms with Crippen LogP contribution in [-0.2, 0) is 0 Å². The van der Waals surface area contributed by atoms with E-state index in [0.717, 1.165) is 11.1 Å². The van der Waals surface area contributed by atoms with Crippen LogP contribution in [0.2, 0.25) is 0 Å². The lowest BCUT2D eigenvalue weighted by molar-refractivity contribution is 0.355. The molecule has 0 aliphatic rings. The van der Waals surface area contributed by atoms with Crippen molar-refractivity contribution in [3.05, 3.63) is 42.8 Å². The van der Waals surface area contributed by atoms with Gasteiger partial charge in [0.15, 0.2) is 35.2 Å². The summed E-state index contributed by atoms with van der Waals surface area (Å²) in [4.78, 5) is 4.36. The first kappa shape index (κ1) is 16.7. The Bertz CT molecular complexity index is 802. The van der Waals surface area contributed by atoms with Crippen molar-refractivity contribution in [2.24, 2.45) is 0 Å². The van der Waals surface area contributed by atoms with Crippen LogP contribution in [0, 0.1) is 0 Å². The van der Waals surface area contributed by atoms with E-state index in [1.54, 1.807) is 28.4 Å². The highest BCUT2D eigenvalue weighted by atomic mass is 16.5. The molecule has 2 aromatic carbocycles. The molecule has 0 N–H and O–H groups in total. The van der Waals surface area contributed by atoms with Gasteiger partial charge in [-0.05, 0) is 36.4 Å². The zero-order valence-electron chi connectivity index (χ0n) is 14.5. The Kier molecular flexibility index (Phi) is 4.79. The van der Waals surface area contributed by atoms with Gasteiger partial charge in [0.25, 0.3) is 0 Å². The Morgan fingerprint density at radius 3 is 1.76 bits per heavy atom. The maximum atomic E-state index is 5.63. The normalized spacial score (nSPS) is 10.4. The van der Waals surface area contributed by atoms with Crippen molar-refractivity contribution < 1.29 is 23.4 Å². The van der Waals surface area contributed by atoms with Gasteiger partial charge in [-0.25, -0.2) is 4.98 Å². The number of nitrogens with zero attached hydrogens (tertiary/aromatic N) is 1. The molecule has 0 fully saturated rings. The summed E-state index contributed by atoms with van der Waals surface area (Å²) in [6.07, 6.45) is 1.41. The number of aromatic nitrogens is 1. The third kappa shape index (κ3) is 3.10. The molecule has 0 aliphatic heterocycles. The monoisotopic (exact) mass is 341 g/mol. The van der Waals surface area contributed by atoms with Crippen molar-refractivity contribution >= 4 is 0 Å². The molecular formula is C19H19NO5. The van der Waals surface area contributed by atoms with E-state index < -0.39 is 0 Å². The molecule has 25 heavy (non-hydrogen) atoms. The first-order valence-electron chi connectivity index (χ1n) is 7.60. The molecule has 130 valence electrons. The average molecular weight is 341 g/mol. The molecule has 0 aliphatic carbocycles. The van der Waals surface area contributed by atoms with E-state index in [2.05, 4.69) is 4.98 Å². The van der Waals surface area contributed by atoms with Crippen LogP contribution in [0.3, 0.4) is 0 Å². The smallest absolute Gasteiger partial charge is 0.182 e. The zero-order chi connectivity index (χ0) is 17.8. The molecule has 0 radical (unpaired) electrons. The quantitative estimate of drug-likeness (QED) is 0.674. The van der Waals surface area contributed by atoms with Crippen LogP contribution >= 0.6 is 0 Å². The maximum Gasteiger partial charge on any atom is 0.182 e. The standard InChI is InChI=1S/C19H19NO5/c1-21-14-7-5-12(9-16(14)23-3)18-19(25-11-20-18)13-6-8-15(22-2)17(10-13)24-4/h5-11H,1-4H3. The number of hydrogen-bond acceptors (Lipinski definition) is 6. The molecule has 0 unspecified atom stereocenters. The largest absolute Gasteiger partial charge is 0.493 e. The highest BCUT2D eigenvalue weighted by Crippen LogP contribution is 2.38. The summed E-state index contributed by atoms with van der Waals surface area (Å²) in [5.41, 5.74) is 2.39. The van der Waals surface area contributed by atoms with Crippen molar-refractivity contribution in [2.75, 3.05) is 28.4 Å². The van der Waals surface area contributed by atoms with Crippen molar-refractivity contribution in [3.8, 4) is 45.6 Å². The number of rotatable bonds is 6. The van der Waals surface area contributed by atoms with Gasteiger partial charge in [-0.15, -0.1) is 0 Å². The molecule has 1 aromatic heterocycles. The molecule has 0 bridgehead atoms. The van der Waals surface area contributed by atoms with Crippen molar-refractivity contribution in [1.29, 1.82) is 0 Å². The highest BCUT2D eigenvalue weighted by molar-refractivity contribution is 5.79. The molecule has 3 rings (SSSR count). The van der Waals surface area contributed by atoms with Crippen LogP contribution in [0.1, 0.15) is 0 Å². The molecule has 0 amide bonds. The van der Waals surface area contributed by atoms with E-state index in [0.29, 0.717) is 34.5 Å². The SMILES string of the molecule is COc1ccc(-c2ncoc2-c2ccc(OC)c(OC)c2)cc1OC. The first-order chi connectivity index (χ1) is 12.2. The predicted octanol–water partition coefficient (Wildman–Crippen LogP) is 4.04. The fourth-order valence-corrected chi connectivity index (χ4v) is 2.62. The molecule has 0 saturated heterocycles. The second-order valence-electron chi connectivity index (χ2n) is 5.17. The Morgan fingerprint density at radius 2 is 1.20 bits per heavy atom. The third-order valence-electron chi connectivity index (χ3n) is 3.87. The van der Waals surface area contributed by atoms with Gasteiger partial charge < -0.3 is 23.4 Å². The Hall–Kier alpha value is -3.15. The van der Waals surface area contributed by atoms with E-state index in [4.69, 9.17) is 23.4 Å². The van der Waals surface area contributed by atoms with Gasteiger partial charge in [-0.3, -0.25) is 0 Å². The number of benzene rings is 2. The molecule has 0 saturated carbocycles. The van der Waals surface area contributed by atoms with E-state index in [1.165, 1.54) is 6.39 Å². The molecule has 0 spiro atoms. The highest BCUT2D eigenvalue weighted by Gasteiger charge is 2.17. The minimum Gasteiger partial charge on any atom is -0.493 e. The van der Waals surface area contributed by atoms with Crippen LogP contribution in [0.4, 0.5) is 0 Å². The van der Waals surface area contributed by atoms with Crippen molar-refractivity contribution in [1.82, 2.24) is 4.98 Å². The van der Waals surface area contributed by atoms with Gasteiger partial charge in [-0.2, -0.15) is 0 Å². The summed E-state index contributed by atoms with van der Waals surface area (Å²) < 4.78 is 26.9. The summed E-state index contributed by atoms with van der Waals surface area (Å²) in [5.74, 6) is 3.19. The lowest BCUT2D eigenvalue weighted by Gasteiger charge is -2.10. The molecule has 3 aromatic rings. The van der Waals surface area contributed by atoms with Crippen LogP contribution in [0.25, 0.3) is 22.6 Å². The van der Waals surface area contributed by atoms with Crippen LogP contribution in [0.15, 0.2) is 47.2 Å². The van der Waals surface area contributed by atoms with E-state index in [1.807, 2.05) is 36.4 Å². The zero-order valence-corrected chi connectivity index (χ0v) is 14.5. The fraction of sp³-hybridized carbons (Fsp3) is 0.211. The average Bonchev–Trinajstić information content (AvgIpc) is 3.16. The summed E-state index contributed by atoms with van der Waals surface area (Å²) in [6, 6.07) is 11.2. The fourth-order valence-electron chi connectivity index (χ4n) is 2.62. The van der Waals surface area contributed by atoms with Gasteiger partial charge in [0.05, 0.1) is 28.4 Å². The van der Waals surface area contributed by atoms with Gasteiger partial charge in [0.2, 0.25) is 0 Å². The maximum absolute atomic E-state index is 5.63. The minimum absolute atomic E-state index is 0.620. The Morgan fingerprint density at radius 1 is 0.680 bits per heavy atom. The molecule has 0 atom stereocenters. The third-order valence-corrected chi connectivity index (χ3v) is 3.87.